The lowest BCUT2D eigenvalue weighted by atomic mass is 10.1. The van der Waals surface area contributed by atoms with Gasteiger partial charge in [-0.1, -0.05) is 4.49 Å². The van der Waals surface area contributed by atoms with E-state index in [1.54, 1.807) is 6.92 Å². The minimum absolute atomic E-state index is 0.0927. The fourth-order valence-corrected chi connectivity index (χ4v) is 2.20. The zero-order valence-corrected chi connectivity index (χ0v) is 11.4. The van der Waals surface area contributed by atoms with Gasteiger partial charge in [-0.15, -0.1) is 5.10 Å². The third-order valence-electron chi connectivity index (χ3n) is 2.52. The van der Waals surface area contributed by atoms with Crippen LogP contribution in [-0.4, -0.2) is 15.5 Å². The van der Waals surface area contributed by atoms with Crippen LogP contribution >= 0.6 is 11.5 Å². The third-order valence-corrected chi connectivity index (χ3v) is 3.35. The van der Waals surface area contributed by atoms with Crippen molar-refractivity contribution in [3.8, 4) is 0 Å². The molecular weight excluding hydrogens is 291 g/mol. The van der Waals surface area contributed by atoms with E-state index >= 15 is 0 Å². The zero-order valence-electron chi connectivity index (χ0n) is 10.6. The lowest BCUT2D eigenvalue weighted by molar-refractivity contribution is -0.137. The van der Waals surface area contributed by atoms with Gasteiger partial charge in [-0.05, 0) is 49.1 Å². The molecule has 20 heavy (non-hydrogen) atoms. The highest BCUT2D eigenvalue weighted by molar-refractivity contribution is 7.08. The summed E-state index contributed by atoms with van der Waals surface area (Å²) in [4.78, 5) is 12.2. The number of anilines is 1. The molecule has 0 unspecified atom stereocenters. The van der Waals surface area contributed by atoms with Gasteiger partial charge in [0.1, 0.15) is 4.88 Å². The summed E-state index contributed by atoms with van der Waals surface area (Å²) >= 11 is 0.895. The molecule has 1 aromatic carbocycles. The van der Waals surface area contributed by atoms with E-state index in [2.05, 4.69) is 14.9 Å². The number of aryl methyl sites for hydroxylation is 2. The van der Waals surface area contributed by atoms with E-state index in [0.717, 1.165) is 23.7 Å². The van der Waals surface area contributed by atoms with Crippen molar-refractivity contribution < 1.29 is 18.0 Å². The largest absolute Gasteiger partial charge is 0.416 e. The highest BCUT2D eigenvalue weighted by Gasteiger charge is 2.31. The first-order chi connectivity index (χ1) is 9.27. The van der Waals surface area contributed by atoms with Gasteiger partial charge in [-0.25, -0.2) is 0 Å². The Labute approximate surface area is 116 Å². The summed E-state index contributed by atoms with van der Waals surface area (Å²) in [5.41, 5.74) is 0.146. The SMILES string of the molecule is Cc1cc(NC(=O)c2snnc2C)cc(C(F)(F)F)c1. The molecule has 0 fully saturated rings. The molecule has 0 saturated heterocycles. The van der Waals surface area contributed by atoms with Crippen molar-refractivity contribution in [2.45, 2.75) is 20.0 Å². The van der Waals surface area contributed by atoms with E-state index in [-0.39, 0.29) is 10.6 Å². The number of aromatic nitrogens is 2. The molecule has 8 heteroatoms. The van der Waals surface area contributed by atoms with Crippen LogP contribution < -0.4 is 5.32 Å². The van der Waals surface area contributed by atoms with Gasteiger partial charge >= 0.3 is 6.18 Å². The summed E-state index contributed by atoms with van der Waals surface area (Å²) in [6.45, 7) is 3.14. The van der Waals surface area contributed by atoms with Crippen molar-refractivity contribution in [3.05, 3.63) is 39.9 Å². The van der Waals surface area contributed by atoms with Gasteiger partial charge in [0.15, 0.2) is 0 Å². The maximum atomic E-state index is 12.7. The normalized spacial score (nSPS) is 11.4. The molecule has 0 aliphatic heterocycles. The molecule has 2 aromatic rings. The van der Waals surface area contributed by atoms with Crippen LogP contribution in [0.2, 0.25) is 0 Å². The maximum absolute atomic E-state index is 12.7. The van der Waals surface area contributed by atoms with Gasteiger partial charge in [0.05, 0.1) is 11.3 Å². The van der Waals surface area contributed by atoms with Crippen molar-refractivity contribution in [1.29, 1.82) is 0 Å². The van der Waals surface area contributed by atoms with Crippen molar-refractivity contribution in [3.63, 3.8) is 0 Å². The van der Waals surface area contributed by atoms with Crippen LogP contribution in [0.5, 0.6) is 0 Å². The summed E-state index contributed by atoms with van der Waals surface area (Å²) in [7, 11) is 0. The second kappa shape index (κ2) is 5.20. The first-order valence-electron chi connectivity index (χ1n) is 5.56. The number of hydrogen-bond acceptors (Lipinski definition) is 4. The average molecular weight is 301 g/mol. The smallest absolute Gasteiger partial charge is 0.321 e. The van der Waals surface area contributed by atoms with Gasteiger partial charge in [0.25, 0.3) is 5.91 Å². The Kier molecular flexibility index (Phi) is 3.76. The van der Waals surface area contributed by atoms with Gasteiger partial charge in [-0.2, -0.15) is 13.2 Å². The first-order valence-corrected chi connectivity index (χ1v) is 6.34. The van der Waals surface area contributed by atoms with Crippen molar-refractivity contribution in [1.82, 2.24) is 9.59 Å². The van der Waals surface area contributed by atoms with Gasteiger partial charge in [0, 0.05) is 5.69 Å². The number of benzene rings is 1. The molecular formula is C12H10F3N3OS. The predicted octanol–water partition coefficient (Wildman–Crippen LogP) is 3.43. The van der Waals surface area contributed by atoms with Crippen molar-refractivity contribution in [2.24, 2.45) is 0 Å². The van der Waals surface area contributed by atoms with Gasteiger partial charge in [-0.3, -0.25) is 4.79 Å². The van der Waals surface area contributed by atoms with Crippen LogP contribution in [0.4, 0.5) is 18.9 Å². The van der Waals surface area contributed by atoms with Crippen molar-refractivity contribution >= 4 is 23.1 Å². The minimum atomic E-state index is -4.45. The van der Waals surface area contributed by atoms with Gasteiger partial charge in [0.2, 0.25) is 0 Å². The number of nitrogens with zero attached hydrogens (tertiary/aromatic N) is 2. The Balaban J connectivity index is 2.28. The lowest BCUT2D eigenvalue weighted by Crippen LogP contribution is -2.13. The van der Waals surface area contributed by atoms with E-state index in [4.69, 9.17) is 0 Å². The highest BCUT2D eigenvalue weighted by atomic mass is 32.1. The Morgan fingerprint density at radius 3 is 2.50 bits per heavy atom. The molecule has 1 amide bonds. The highest BCUT2D eigenvalue weighted by Crippen LogP contribution is 2.32. The van der Waals surface area contributed by atoms with Gasteiger partial charge < -0.3 is 5.32 Å². The molecule has 0 aliphatic carbocycles. The van der Waals surface area contributed by atoms with E-state index in [1.807, 2.05) is 0 Å². The number of rotatable bonds is 2. The third kappa shape index (κ3) is 3.13. The van der Waals surface area contributed by atoms with E-state index in [0.29, 0.717) is 11.3 Å². The monoisotopic (exact) mass is 301 g/mol. The fourth-order valence-electron chi connectivity index (χ4n) is 1.65. The summed E-state index contributed by atoms with van der Waals surface area (Å²) in [6.07, 6.45) is -4.45. The fraction of sp³-hybridized carbons (Fsp3) is 0.250. The number of carbonyl (C=O) groups excluding carboxylic acids is 1. The lowest BCUT2D eigenvalue weighted by Gasteiger charge is -2.11. The van der Waals surface area contributed by atoms with E-state index in [1.165, 1.54) is 13.0 Å². The molecule has 4 nitrogen and oxygen atoms in total. The van der Waals surface area contributed by atoms with Crippen molar-refractivity contribution in [2.75, 3.05) is 5.32 Å². The molecule has 1 N–H and O–H groups in total. The number of carbonyl (C=O) groups is 1. The van der Waals surface area contributed by atoms with E-state index in [9.17, 15) is 18.0 Å². The van der Waals surface area contributed by atoms with Crippen LogP contribution in [-0.2, 0) is 6.18 Å². The Morgan fingerprint density at radius 2 is 1.95 bits per heavy atom. The zero-order chi connectivity index (χ0) is 14.9. The molecule has 1 heterocycles. The molecule has 0 atom stereocenters. The van der Waals surface area contributed by atoms with E-state index < -0.39 is 17.6 Å². The second-order valence-corrected chi connectivity index (χ2v) is 4.98. The molecule has 0 aliphatic rings. The van der Waals surface area contributed by atoms with Crippen LogP contribution in [0.3, 0.4) is 0 Å². The number of alkyl halides is 3. The number of halogens is 3. The summed E-state index contributed by atoms with van der Waals surface area (Å²) in [6, 6.07) is 3.39. The summed E-state index contributed by atoms with van der Waals surface area (Å²) in [5, 5.41) is 6.11. The molecule has 106 valence electrons. The molecule has 2 rings (SSSR count). The topological polar surface area (TPSA) is 54.9 Å². The molecule has 0 bridgehead atoms. The molecule has 0 saturated carbocycles. The molecule has 1 aromatic heterocycles. The average Bonchev–Trinajstić information content (AvgIpc) is 2.73. The molecule has 0 spiro atoms. The maximum Gasteiger partial charge on any atom is 0.416 e. The quantitative estimate of drug-likeness (QED) is 0.924. The Morgan fingerprint density at radius 1 is 1.25 bits per heavy atom. The number of hydrogen-bond donors (Lipinski definition) is 1. The van der Waals surface area contributed by atoms with Crippen LogP contribution in [0.1, 0.15) is 26.5 Å². The molecule has 0 radical (unpaired) electrons. The second-order valence-electron chi connectivity index (χ2n) is 4.23. The minimum Gasteiger partial charge on any atom is -0.321 e. The Hall–Kier alpha value is -1.96. The van der Waals surface area contributed by atoms with Crippen LogP contribution in [0, 0.1) is 13.8 Å². The van der Waals surface area contributed by atoms with Crippen LogP contribution in [0.15, 0.2) is 18.2 Å². The predicted molar refractivity (Wildman–Crippen MR) is 68.8 cm³/mol. The number of nitrogens with one attached hydrogen (secondary N) is 1. The van der Waals surface area contributed by atoms with Crippen LogP contribution in [0.25, 0.3) is 0 Å². The standard InChI is InChI=1S/C12H10F3N3OS/c1-6-3-8(12(13,14)15)5-9(4-6)16-11(19)10-7(2)17-18-20-10/h3-5H,1-2H3,(H,16,19). The number of amides is 1. The Bertz CT molecular complexity index is 652. The first kappa shape index (κ1) is 14.4. The summed E-state index contributed by atoms with van der Waals surface area (Å²) < 4.78 is 41.7. The summed E-state index contributed by atoms with van der Waals surface area (Å²) in [5.74, 6) is -0.517.